The molecule has 0 atom stereocenters. The Morgan fingerprint density at radius 1 is 0.392 bits per heavy atom. The summed E-state index contributed by atoms with van der Waals surface area (Å²) in [6.07, 6.45) is 0. The van der Waals surface area contributed by atoms with Gasteiger partial charge in [0, 0.05) is 22.1 Å². The smallest absolute Gasteiger partial charge is 0.160 e. The van der Waals surface area contributed by atoms with E-state index in [1.54, 1.807) is 0 Å². The van der Waals surface area contributed by atoms with Crippen LogP contribution in [-0.4, -0.2) is 9.97 Å². The standard InChI is InChI=1S/C49H34N2/c1-49(2)42-25-13-23-39(47(42)41-28-34-17-6-7-18-35(34)29-43(41)49)37-21-10-11-22-38(37)44-30-45(51-48(50-44)33-15-4-3-5-16-33)40-24-12-19-32-27-26-31-14-8-9-20-36(31)46(32)40/h3-30H,1-2H3. The zero-order valence-electron chi connectivity index (χ0n) is 28.6. The fourth-order valence-electron chi connectivity index (χ4n) is 8.35. The maximum Gasteiger partial charge on any atom is 0.160 e. The van der Waals surface area contributed by atoms with E-state index in [1.807, 2.05) is 6.07 Å². The topological polar surface area (TPSA) is 25.8 Å². The molecule has 10 rings (SSSR count). The molecule has 0 fully saturated rings. The number of fused-ring (bicyclic) bond motifs is 7. The van der Waals surface area contributed by atoms with Crippen molar-refractivity contribution < 1.29 is 0 Å². The van der Waals surface area contributed by atoms with Crippen molar-refractivity contribution in [1.82, 2.24) is 9.97 Å². The largest absolute Gasteiger partial charge is 0.228 e. The first-order chi connectivity index (χ1) is 25.0. The lowest BCUT2D eigenvalue weighted by atomic mass is 9.81. The number of aromatic nitrogens is 2. The first-order valence-corrected chi connectivity index (χ1v) is 17.7. The van der Waals surface area contributed by atoms with Crippen LogP contribution in [0.1, 0.15) is 25.0 Å². The lowest BCUT2D eigenvalue weighted by molar-refractivity contribution is 0.661. The molecule has 0 unspecified atom stereocenters. The molecule has 0 saturated carbocycles. The lowest BCUT2D eigenvalue weighted by Crippen LogP contribution is -2.14. The Labute approximate surface area is 297 Å². The van der Waals surface area contributed by atoms with Crippen LogP contribution < -0.4 is 0 Å². The molecule has 0 aliphatic heterocycles. The molecule has 2 nitrogen and oxygen atoms in total. The van der Waals surface area contributed by atoms with Crippen LogP contribution in [0.3, 0.4) is 0 Å². The molecular weight excluding hydrogens is 617 g/mol. The highest BCUT2D eigenvalue weighted by Crippen LogP contribution is 2.54. The average molecular weight is 651 g/mol. The van der Waals surface area contributed by atoms with Gasteiger partial charge in [0.1, 0.15) is 0 Å². The summed E-state index contributed by atoms with van der Waals surface area (Å²) in [7, 11) is 0. The van der Waals surface area contributed by atoms with E-state index in [1.165, 1.54) is 60.1 Å². The van der Waals surface area contributed by atoms with Crippen LogP contribution in [0.4, 0.5) is 0 Å². The van der Waals surface area contributed by atoms with Crippen LogP contribution in [-0.2, 0) is 5.41 Å². The quantitative estimate of drug-likeness (QED) is 0.177. The molecule has 0 bridgehead atoms. The van der Waals surface area contributed by atoms with Gasteiger partial charge in [-0.1, -0.05) is 166 Å². The Hall–Kier alpha value is -6.38. The fraction of sp³-hybridized carbons (Fsp3) is 0.0612. The van der Waals surface area contributed by atoms with E-state index in [9.17, 15) is 0 Å². The summed E-state index contributed by atoms with van der Waals surface area (Å²) in [5.41, 5.74) is 12.6. The lowest BCUT2D eigenvalue weighted by Gasteiger charge is -2.22. The molecule has 51 heavy (non-hydrogen) atoms. The molecule has 1 aromatic heterocycles. The SMILES string of the molecule is CC1(C)c2cc3ccccc3cc2-c2c(-c3ccccc3-c3cc(-c4cccc5ccc6ccccc6c45)nc(-c4ccccc4)n3)cccc21. The number of hydrogen-bond donors (Lipinski definition) is 0. The minimum absolute atomic E-state index is 0.126. The summed E-state index contributed by atoms with van der Waals surface area (Å²) < 4.78 is 0. The summed E-state index contributed by atoms with van der Waals surface area (Å²) in [4.78, 5) is 10.6. The van der Waals surface area contributed by atoms with E-state index in [0.717, 1.165) is 33.6 Å². The maximum atomic E-state index is 5.32. The van der Waals surface area contributed by atoms with Gasteiger partial charge in [-0.25, -0.2) is 9.97 Å². The van der Waals surface area contributed by atoms with E-state index in [4.69, 9.17) is 9.97 Å². The molecule has 9 aromatic rings. The fourth-order valence-corrected chi connectivity index (χ4v) is 8.35. The predicted octanol–water partition coefficient (Wildman–Crippen LogP) is 12.9. The van der Waals surface area contributed by atoms with Crippen LogP contribution in [0.15, 0.2) is 170 Å². The molecule has 1 aliphatic rings. The molecule has 1 aliphatic carbocycles. The van der Waals surface area contributed by atoms with Crippen molar-refractivity contribution in [2.45, 2.75) is 19.3 Å². The van der Waals surface area contributed by atoms with Crippen molar-refractivity contribution in [3.63, 3.8) is 0 Å². The van der Waals surface area contributed by atoms with Crippen molar-refractivity contribution in [1.29, 1.82) is 0 Å². The molecule has 0 radical (unpaired) electrons. The summed E-state index contributed by atoms with van der Waals surface area (Å²) in [6.45, 7) is 4.72. The van der Waals surface area contributed by atoms with E-state index in [2.05, 4.69) is 178 Å². The van der Waals surface area contributed by atoms with E-state index in [0.29, 0.717) is 5.82 Å². The van der Waals surface area contributed by atoms with Gasteiger partial charge in [0.05, 0.1) is 11.4 Å². The molecule has 0 amide bonds. The number of rotatable bonds is 4. The van der Waals surface area contributed by atoms with Crippen molar-refractivity contribution in [2.75, 3.05) is 0 Å². The Kier molecular flexibility index (Phi) is 6.56. The van der Waals surface area contributed by atoms with Gasteiger partial charge in [-0.2, -0.15) is 0 Å². The number of nitrogens with zero attached hydrogens (tertiary/aromatic N) is 2. The molecule has 8 aromatic carbocycles. The predicted molar refractivity (Wildman–Crippen MR) is 214 cm³/mol. The first-order valence-electron chi connectivity index (χ1n) is 17.7. The summed E-state index contributed by atoms with van der Waals surface area (Å²) in [6, 6.07) is 61.2. The minimum Gasteiger partial charge on any atom is -0.228 e. The summed E-state index contributed by atoms with van der Waals surface area (Å²) >= 11 is 0. The second-order valence-electron chi connectivity index (χ2n) is 14.2. The van der Waals surface area contributed by atoms with Gasteiger partial charge in [0.25, 0.3) is 0 Å². The average Bonchev–Trinajstić information content (AvgIpc) is 3.42. The minimum atomic E-state index is -0.126. The molecule has 0 saturated heterocycles. The summed E-state index contributed by atoms with van der Waals surface area (Å²) in [5, 5.41) is 7.39. The third kappa shape index (κ3) is 4.64. The zero-order chi connectivity index (χ0) is 34.1. The van der Waals surface area contributed by atoms with Crippen LogP contribution >= 0.6 is 0 Å². The molecule has 0 N–H and O–H groups in total. The van der Waals surface area contributed by atoms with Crippen molar-refractivity contribution in [3.05, 3.63) is 181 Å². The Bertz CT molecular complexity index is 2830. The normalized spacial score (nSPS) is 13.1. The highest BCUT2D eigenvalue weighted by molar-refractivity contribution is 6.14. The second kappa shape index (κ2) is 11.3. The van der Waals surface area contributed by atoms with E-state index < -0.39 is 0 Å². The van der Waals surface area contributed by atoms with Crippen LogP contribution in [0.25, 0.3) is 88.5 Å². The molecule has 0 spiro atoms. The van der Waals surface area contributed by atoms with Crippen LogP contribution in [0.2, 0.25) is 0 Å². The molecular formula is C49H34N2. The van der Waals surface area contributed by atoms with Crippen molar-refractivity contribution in [2.24, 2.45) is 0 Å². The Morgan fingerprint density at radius 2 is 0.980 bits per heavy atom. The molecule has 1 heterocycles. The highest BCUT2D eigenvalue weighted by atomic mass is 14.9. The number of hydrogen-bond acceptors (Lipinski definition) is 2. The molecule has 2 heteroatoms. The van der Waals surface area contributed by atoms with Gasteiger partial charge in [0.2, 0.25) is 0 Å². The zero-order valence-corrected chi connectivity index (χ0v) is 28.6. The molecule has 240 valence electrons. The van der Waals surface area contributed by atoms with Crippen LogP contribution in [0.5, 0.6) is 0 Å². The monoisotopic (exact) mass is 650 g/mol. The van der Waals surface area contributed by atoms with Gasteiger partial charge < -0.3 is 0 Å². The van der Waals surface area contributed by atoms with E-state index in [-0.39, 0.29) is 5.41 Å². The first kappa shape index (κ1) is 29.5. The van der Waals surface area contributed by atoms with Crippen molar-refractivity contribution in [3.8, 4) is 56.2 Å². The van der Waals surface area contributed by atoms with Gasteiger partial charge in [-0.3, -0.25) is 0 Å². The van der Waals surface area contributed by atoms with Crippen molar-refractivity contribution >= 4 is 32.3 Å². The van der Waals surface area contributed by atoms with Gasteiger partial charge in [0.15, 0.2) is 5.82 Å². The Balaban J connectivity index is 1.23. The second-order valence-corrected chi connectivity index (χ2v) is 14.2. The summed E-state index contributed by atoms with van der Waals surface area (Å²) in [5.74, 6) is 0.714. The van der Waals surface area contributed by atoms with Crippen LogP contribution in [0, 0.1) is 0 Å². The third-order valence-electron chi connectivity index (χ3n) is 10.9. The highest BCUT2D eigenvalue weighted by Gasteiger charge is 2.37. The third-order valence-corrected chi connectivity index (χ3v) is 10.9. The maximum absolute atomic E-state index is 5.32. The van der Waals surface area contributed by atoms with Gasteiger partial charge >= 0.3 is 0 Å². The Morgan fingerprint density at radius 3 is 1.80 bits per heavy atom. The number of benzene rings is 8. The van der Waals surface area contributed by atoms with Gasteiger partial charge in [-0.15, -0.1) is 0 Å². The van der Waals surface area contributed by atoms with Gasteiger partial charge in [-0.05, 0) is 83.9 Å². The van der Waals surface area contributed by atoms with E-state index >= 15 is 0 Å².